The molecule has 0 radical (unpaired) electrons. The standard InChI is InChI=1S/C17H12BrClF2N4OS/c1-25-16(10-4-2-3-5-12(10)19)23-24-17(25)27-8-14(26)22-15-11(18)6-9(20)7-13(15)21/h2-7H,8H2,1H3,(H,22,26). The molecule has 140 valence electrons. The number of benzene rings is 2. The van der Waals surface area contributed by atoms with E-state index in [-0.39, 0.29) is 15.9 Å². The highest BCUT2D eigenvalue weighted by Gasteiger charge is 2.16. The van der Waals surface area contributed by atoms with Crippen molar-refractivity contribution < 1.29 is 13.6 Å². The molecule has 0 spiro atoms. The fourth-order valence-corrected chi connectivity index (χ4v) is 3.72. The van der Waals surface area contributed by atoms with E-state index in [1.54, 1.807) is 17.7 Å². The predicted octanol–water partition coefficient (Wildman–Crippen LogP) is 4.91. The van der Waals surface area contributed by atoms with E-state index in [2.05, 4.69) is 31.4 Å². The van der Waals surface area contributed by atoms with Gasteiger partial charge in [0.2, 0.25) is 5.91 Å². The third kappa shape index (κ3) is 4.48. The van der Waals surface area contributed by atoms with Crippen molar-refractivity contribution in [1.29, 1.82) is 0 Å². The summed E-state index contributed by atoms with van der Waals surface area (Å²) in [4.78, 5) is 12.1. The van der Waals surface area contributed by atoms with E-state index in [9.17, 15) is 13.6 Å². The molecule has 3 rings (SSSR count). The summed E-state index contributed by atoms with van der Waals surface area (Å²) in [6, 6.07) is 9.00. The van der Waals surface area contributed by atoms with Gasteiger partial charge in [-0.25, -0.2) is 8.78 Å². The Morgan fingerprint density at radius 1 is 1.30 bits per heavy atom. The molecule has 0 aliphatic carbocycles. The largest absolute Gasteiger partial charge is 0.322 e. The van der Waals surface area contributed by atoms with Gasteiger partial charge >= 0.3 is 0 Å². The van der Waals surface area contributed by atoms with Gasteiger partial charge in [0.05, 0.1) is 16.5 Å². The average Bonchev–Trinajstić information content (AvgIpc) is 2.97. The molecule has 5 nitrogen and oxygen atoms in total. The summed E-state index contributed by atoms with van der Waals surface area (Å²) in [6.45, 7) is 0. The molecule has 0 bridgehead atoms. The van der Waals surface area contributed by atoms with Gasteiger partial charge in [-0.3, -0.25) is 4.79 Å². The van der Waals surface area contributed by atoms with Crippen LogP contribution >= 0.6 is 39.3 Å². The van der Waals surface area contributed by atoms with Crippen LogP contribution in [0.15, 0.2) is 46.0 Å². The lowest BCUT2D eigenvalue weighted by Crippen LogP contribution is -2.16. The Morgan fingerprint density at radius 3 is 2.74 bits per heavy atom. The van der Waals surface area contributed by atoms with Gasteiger partial charge in [-0.2, -0.15) is 0 Å². The van der Waals surface area contributed by atoms with E-state index in [4.69, 9.17) is 11.6 Å². The number of hydrogen-bond donors (Lipinski definition) is 1. The van der Waals surface area contributed by atoms with E-state index < -0.39 is 17.5 Å². The first-order chi connectivity index (χ1) is 12.9. The maximum atomic E-state index is 13.8. The highest BCUT2D eigenvalue weighted by atomic mass is 79.9. The number of rotatable bonds is 5. The van der Waals surface area contributed by atoms with Gasteiger partial charge in [0, 0.05) is 23.2 Å². The van der Waals surface area contributed by atoms with E-state index >= 15 is 0 Å². The second kappa shape index (κ2) is 8.37. The molecule has 3 aromatic rings. The number of halogens is 4. The summed E-state index contributed by atoms with van der Waals surface area (Å²) in [6.07, 6.45) is 0. The van der Waals surface area contributed by atoms with Crippen LogP contribution in [0.1, 0.15) is 0 Å². The lowest BCUT2D eigenvalue weighted by Gasteiger charge is -2.09. The summed E-state index contributed by atoms with van der Waals surface area (Å²) in [5.74, 6) is -1.53. The number of thioether (sulfide) groups is 1. The summed E-state index contributed by atoms with van der Waals surface area (Å²) < 4.78 is 28.8. The molecule has 0 unspecified atom stereocenters. The minimum Gasteiger partial charge on any atom is -0.322 e. The molecule has 0 saturated heterocycles. The zero-order valence-corrected chi connectivity index (χ0v) is 17.0. The minimum atomic E-state index is -0.861. The fourth-order valence-electron chi connectivity index (χ4n) is 2.28. The highest BCUT2D eigenvalue weighted by Crippen LogP contribution is 2.29. The monoisotopic (exact) mass is 472 g/mol. The van der Waals surface area contributed by atoms with Crippen LogP contribution in [0.25, 0.3) is 11.4 Å². The fraction of sp³-hybridized carbons (Fsp3) is 0.118. The smallest absolute Gasteiger partial charge is 0.234 e. The van der Waals surface area contributed by atoms with Crippen LogP contribution in [0.3, 0.4) is 0 Å². The lowest BCUT2D eigenvalue weighted by atomic mass is 10.2. The van der Waals surface area contributed by atoms with Crippen molar-refractivity contribution in [2.45, 2.75) is 5.16 Å². The molecule has 2 aromatic carbocycles. The van der Waals surface area contributed by atoms with Crippen LogP contribution in [0.4, 0.5) is 14.5 Å². The van der Waals surface area contributed by atoms with Crippen molar-refractivity contribution in [3.63, 3.8) is 0 Å². The maximum Gasteiger partial charge on any atom is 0.234 e. The Morgan fingerprint density at radius 2 is 2.04 bits per heavy atom. The van der Waals surface area contributed by atoms with Crippen molar-refractivity contribution in [2.75, 3.05) is 11.1 Å². The number of aromatic nitrogens is 3. The molecule has 0 fully saturated rings. The van der Waals surface area contributed by atoms with Gasteiger partial charge in [-0.1, -0.05) is 35.5 Å². The van der Waals surface area contributed by atoms with Crippen molar-refractivity contribution in [1.82, 2.24) is 14.8 Å². The Kier molecular flexibility index (Phi) is 6.13. The van der Waals surface area contributed by atoms with Gasteiger partial charge in [0.15, 0.2) is 16.8 Å². The van der Waals surface area contributed by atoms with E-state index in [0.717, 1.165) is 23.4 Å². The molecule has 1 amide bonds. The Balaban J connectivity index is 1.69. The normalized spacial score (nSPS) is 10.9. The molecule has 1 aromatic heterocycles. The first-order valence-corrected chi connectivity index (χ1v) is 9.74. The van der Waals surface area contributed by atoms with E-state index in [1.807, 2.05) is 18.2 Å². The van der Waals surface area contributed by atoms with Crippen molar-refractivity contribution in [2.24, 2.45) is 7.05 Å². The molecule has 0 aliphatic heterocycles. The molecule has 0 atom stereocenters. The van der Waals surface area contributed by atoms with Crippen molar-refractivity contribution in [3.8, 4) is 11.4 Å². The van der Waals surface area contributed by atoms with Crippen LogP contribution in [-0.4, -0.2) is 26.4 Å². The zero-order chi connectivity index (χ0) is 19.6. The van der Waals surface area contributed by atoms with Gasteiger partial charge in [-0.15, -0.1) is 10.2 Å². The number of carbonyl (C=O) groups excluding carboxylic acids is 1. The first-order valence-electron chi connectivity index (χ1n) is 7.58. The van der Waals surface area contributed by atoms with Gasteiger partial charge in [-0.05, 0) is 34.1 Å². The highest BCUT2D eigenvalue weighted by molar-refractivity contribution is 9.10. The van der Waals surface area contributed by atoms with Crippen LogP contribution in [0.2, 0.25) is 5.02 Å². The quantitative estimate of drug-likeness (QED) is 0.535. The summed E-state index contributed by atoms with van der Waals surface area (Å²) in [7, 11) is 1.76. The van der Waals surface area contributed by atoms with Crippen LogP contribution in [0, 0.1) is 11.6 Å². The van der Waals surface area contributed by atoms with Gasteiger partial charge < -0.3 is 9.88 Å². The lowest BCUT2D eigenvalue weighted by molar-refractivity contribution is -0.113. The molecule has 1 heterocycles. The second-order valence-corrected chi connectivity index (χ2v) is 7.63. The summed E-state index contributed by atoms with van der Waals surface area (Å²) in [5, 5.41) is 11.6. The third-order valence-electron chi connectivity index (χ3n) is 3.55. The molecule has 0 saturated carbocycles. The SMILES string of the molecule is Cn1c(SCC(=O)Nc2c(F)cc(F)cc2Br)nnc1-c1ccccc1Cl. The second-order valence-electron chi connectivity index (χ2n) is 5.43. The third-order valence-corrected chi connectivity index (χ3v) is 5.53. The number of nitrogens with one attached hydrogen (secondary N) is 1. The number of nitrogens with zero attached hydrogens (tertiary/aromatic N) is 3. The predicted molar refractivity (Wildman–Crippen MR) is 105 cm³/mol. The Bertz CT molecular complexity index is 991. The Labute approximate surface area is 171 Å². The summed E-state index contributed by atoms with van der Waals surface area (Å²) >= 11 is 10.3. The average molecular weight is 474 g/mol. The van der Waals surface area contributed by atoms with Gasteiger partial charge in [0.25, 0.3) is 0 Å². The van der Waals surface area contributed by atoms with E-state index in [0.29, 0.717) is 22.1 Å². The molecule has 27 heavy (non-hydrogen) atoms. The maximum absolute atomic E-state index is 13.8. The molecule has 1 N–H and O–H groups in total. The topological polar surface area (TPSA) is 59.8 Å². The number of carbonyl (C=O) groups is 1. The molecular weight excluding hydrogens is 462 g/mol. The molecular formula is C17H12BrClF2N4OS. The van der Waals surface area contributed by atoms with Crippen molar-refractivity contribution in [3.05, 3.63) is 57.5 Å². The Hall–Kier alpha value is -1.97. The summed E-state index contributed by atoms with van der Waals surface area (Å²) in [5.41, 5.74) is 0.611. The number of hydrogen-bond acceptors (Lipinski definition) is 4. The van der Waals surface area contributed by atoms with Gasteiger partial charge in [0.1, 0.15) is 5.82 Å². The molecule has 10 heteroatoms. The van der Waals surface area contributed by atoms with Crippen molar-refractivity contribution >= 4 is 50.9 Å². The van der Waals surface area contributed by atoms with Crippen LogP contribution in [-0.2, 0) is 11.8 Å². The number of amides is 1. The minimum absolute atomic E-state index is 0.0300. The van der Waals surface area contributed by atoms with E-state index in [1.165, 1.54) is 0 Å². The first kappa shape index (κ1) is 19.8. The molecule has 0 aliphatic rings. The van der Waals surface area contributed by atoms with Crippen LogP contribution in [0.5, 0.6) is 0 Å². The van der Waals surface area contributed by atoms with Crippen LogP contribution < -0.4 is 5.32 Å². The number of anilines is 1. The zero-order valence-electron chi connectivity index (χ0n) is 13.8.